The standard InChI is InChI=1S/C33H45F2N3O9/c1-41-25-16-22(17-26(42-2)29(25)44-4)31(39)36-24-8-6-14-46-28-19-23(18-27(43-3)30(28)45-5)32(40)47-15-7-10-37-12-13-38(11-9-24)21-33(34,35)20-37/h16-19,24H,6-15,20-21H2,1-5H3,(H,36,39)/t24-/m0/s1. The van der Waals surface area contributed by atoms with Crippen LogP contribution < -0.4 is 33.7 Å². The summed E-state index contributed by atoms with van der Waals surface area (Å²) in [5, 5.41) is 3.07. The molecule has 0 aromatic heterocycles. The van der Waals surface area contributed by atoms with Crippen LogP contribution >= 0.6 is 0 Å². The molecule has 2 unspecified atom stereocenters. The maximum absolute atomic E-state index is 15.0. The molecule has 3 atom stereocenters. The highest BCUT2D eigenvalue weighted by molar-refractivity contribution is 5.96. The Kier molecular flexibility index (Phi) is 12.7. The van der Waals surface area contributed by atoms with Crippen molar-refractivity contribution in [2.24, 2.45) is 0 Å². The molecule has 2 aromatic carbocycles. The maximum atomic E-state index is 15.0. The highest BCUT2D eigenvalue weighted by Crippen LogP contribution is 2.39. The first kappa shape index (κ1) is 35.8. The van der Waals surface area contributed by atoms with E-state index < -0.39 is 11.9 Å². The minimum absolute atomic E-state index is 0.0719. The number of hydrogen-bond donors (Lipinski definition) is 1. The summed E-state index contributed by atoms with van der Waals surface area (Å²) < 4.78 is 68.7. The minimum Gasteiger partial charge on any atom is -0.493 e. The molecule has 1 saturated heterocycles. The average molecular weight is 666 g/mol. The van der Waals surface area contributed by atoms with Crippen LogP contribution in [0.1, 0.15) is 46.4 Å². The number of rotatable bonds is 7. The van der Waals surface area contributed by atoms with E-state index in [0.29, 0.717) is 91.9 Å². The van der Waals surface area contributed by atoms with E-state index in [2.05, 4.69) is 5.32 Å². The topological polar surface area (TPSA) is 117 Å². The van der Waals surface area contributed by atoms with Crippen LogP contribution in [-0.2, 0) is 4.74 Å². The van der Waals surface area contributed by atoms with Crippen LogP contribution in [0.5, 0.6) is 34.5 Å². The maximum Gasteiger partial charge on any atom is 0.338 e. The van der Waals surface area contributed by atoms with E-state index in [1.165, 1.54) is 47.7 Å². The first-order chi connectivity index (χ1) is 22.6. The fourth-order valence-electron chi connectivity index (χ4n) is 5.84. The van der Waals surface area contributed by atoms with Gasteiger partial charge in [-0.2, -0.15) is 0 Å². The van der Waals surface area contributed by atoms with E-state index >= 15 is 8.78 Å². The molecule has 1 fully saturated rings. The molecule has 0 saturated carbocycles. The Bertz CT molecular complexity index is 1350. The van der Waals surface area contributed by atoms with E-state index in [4.69, 9.17) is 33.2 Å². The molecule has 0 spiro atoms. The molecule has 47 heavy (non-hydrogen) atoms. The lowest BCUT2D eigenvalue weighted by Crippen LogP contribution is -2.42. The molecule has 2 aromatic rings. The van der Waals surface area contributed by atoms with Crippen LogP contribution in [0.2, 0.25) is 0 Å². The second kappa shape index (κ2) is 16.7. The number of methoxy groups -OCH3 is 5. The van der Waals surface area contributed by atoms with Gasteiger partial charge in [-0.05, 0) is 49.9 Å². The van der Waals surface area contributed by atoms with Crippen LogP contribution in [0.25, 0.3) is 0 Å². The van der Waals surface area contributed by atoms with Gasteiger partial charge in [-0.3, -0.25) is 14.6 Å². The zero-order valence-corrected chi connectivity index (χ0v) is 27.7. The van der Waals surface area contributed by atoms with Gasteiger partial charge in [-0.25, -0.2) is 13.6 Å². The van der Waals surface area contributed by atoms with Crippen molar-refractivity contribution in [3.8, 4) is 34.5 Å². The number of carbonyl (C=O) groups excluding carboxylic acids is 2. The number of ether oxygens (including phenoxy) is 7. The average Bonchev–Trinajstić information content (AvgIpc) is 3.21. The number of benzene rings is 2. The molecule has 14 heteroatoms. The van der Waals surface area contributed by atoms with Crippen molar-refractivity contribution in [2.75, 3.05) is 88.0 Å². The quantitative estimate of drug-likeness (QED) is 0.435. The van der Waals surface area contributed by atoms with Crippen molar-refractivity contribution in [3.05, 3.63) is 35.4 Å². The number of nitrogens with zero attached hydrogens (tertiary/aromatic N) is 2. The summed E-state index contributed by atoms with van der Waals surface area (Å²) in [6, 6.07) is 5.79. The van der Waals surface area contributed by atoms with Crippen molar-refractivity contribution in [1.29, 1.82) is 0 Å². The van der Waals surface area contributed by atoms with Crippen molar-refractivity contribution in [2.45, 2.75) is 37.6 Å². The number of cyclic esters (lactones) is 1. The van der Waals surface area contributed by atoms with Gasteiger partial charge in [-0.1, -0.05) is 0 Å². The Labute approximate surface area is 274 Å². The van der Waals surface area contributed by atoms with E-state index in [-0.39, 0.29) is 43.8 Å². The third-order valence-electron chi connectivity index (χ3n) is 8.19. The van der Waals surface area contributed by atoms with Crippen LogP contribution in [-0.4, -0.2) is 122 Å². The van der Waals surface area contributed by atoms with Gasteiger partial charge < -0.3 is 38.5 Å². The van der Waals surface area contributed by atoms with Crippen molar-refractivity contribution < 1.29 is 51.5 Å². The van der Waals surface area contributed by atoms with E-state index in [0.717, 1.165) is 0 Å². The lowest BCUT2D eigenvalue weighted by molar-refractivity contribution is -0.0389. The smallest absolute Gasteiger partial charge is 0.338 e. The van der Waals surface area contributed by atoms with Crippen LogP contribution in [0, 0.1) is 0 Å². The largest absolute Gasteiger partial charge is 0.493 e. The number of nitrogens with one attached hydrogen (secondary N) is 1. The summed E-state index contributed by atoms with van der Waals surface area (Å²) in [7, 11) is 7.34. The molecular weight excluding hydrogens is 620 g/mol. The van der Waals surface area contributed by atoms with Crippen LogP contribution in [0.4, 0.5) is 8.78 Å². The highest BCUT2D eigenvalue weighted by Gasteiger charge is 2.37. The minimum atomic E-state index is -2.92. The first-order valence-electron chi connectivity index (χ1n) is 15.6. The first-order valence-corrected chi connectivity index (χ1v) is 15.6. The number of alkyl halides is 2. The summed E-state index contributed by atoms with van der Waals surface area (Å²) in [4.78, 5) is 29.9. The summed E-state index contributed by atoms with van der Waals surface area (Å²) in [5.41, 5.74) is 0.506. The van der Waals surface area contributed by atoms with Gasteiger partial charge in [0.2, 0.25) is 11.5 Å². The Morgan fingerprint density at radius 3 is 1.98 bits per heavy atom. The molecule has 0 aliphatic carbocycles. The van der Waals surface area contributed by atoms with Gasteiger partial charge >= 0.3 is 5.97 Å². The number of halogens is 2. The summed E-state index contributed by atoms with van der Waals surface area (Å²) >= 11 is 0. The lowest BCUT2D eigenvalue weighted by Gasteiger charge is -2.26. The molecule has 260 valence electrons. The van der Waals surface area contributed by atoms with Crippen molar-refractivity contribution in [1.82, 2.24) is 15.1 Å². The third-order valence-corrected chi connectivity index (χ3v) is 8.19. The molecule has 4 bridgehead atoms. The lowest BCUT2D eigenvalue weighted by atomic mass is 10.1. The van der Waals surface area contributed by atoms with Crippen molar-refractivity contribution in [3.63, 3.8) is 0 Å². The summed E-state index contributed by atoms with van der Waals surface area (Å²) in [6.45, 7) is 1.12. The van der Waals surface area contributed by atoms with E-state index in [1.807, 2.05) is 0 Å². The van der Waals surface area contributed by atoms with Gasteiger partial charge in [0.15, 0.2) is 23.0 Å². The molecule has 12 nitrogen and oxygen atoms in total. The Balaban J connectivity index is 1.59. The molecule has 2 heterocycles. The second-order valence-electron chi connectivity index (χ2n) is 11.5. The van der Waals surface area contributed by atoms with Crippen molar-refractivity contribution >= 4 is 11.9 Å². The Morgan fingerprint density at radius 2 is 1.36 bits per heavy atom. The van der Waals surface area contributed by atoms with Gasteiger partial charge in [0.1, 0.15) is 0 Å². The Morgan fingerprint density at radius 1 is 0.766 bits per heavy atom. The second-order valence-corrected chi connectivity index (χ2v) is 11.5. The molecule has 2 aliphatic heterocycles. The zero-order chi connectivity index (χ0) is 34.0. The predicted octanol–water partition coefficient (Wildman–Crippen LogP) is 3.89. The number of carbonyl (C=O) groups is 2. The molecular formula is C33H45F2N3O9. The monoisotopic (exact) mass is 665 g/mol. The fourth-order valence-corrected chi connectivity index (χ4v) is 5.84. The molecule has 1 amide bonds. The summed E-state index contributed by atoms with van der Waals surface area (Å²) in [6.07, 6.45) is 1.80. The van der Waals surface area contributed by atoms with Gasteiger partial charge in [0.25, 0.3) is 11.8 Å². The van der Waals surface area contributed by atoms with Crippen LogP contribution in [0.15, 0.2) is 24.3 Å². The Hall–Kier alpha value is -4.04. The molecule has 1 N–H and O–H groups in total. The van der Waals surface area contributed by atoms with Crippen LogP contribution in [0.3, 0.4) is 0 Å². The molecule has 2 aliphatic rings. The van der Waals surface area contributed by atoms with E-state index in [1.54, 1.807) is 21.9 Å². The summed E-state index contributed by atoms with van der Waals surface area (Å²) in [5.74, 6) is -1.93. The number of hydrogen-bond acceptors (Lipinski definition) is 11. The van der Waals surface area contributed by atoms with Gasteiger partial charge in [0, 0.05) is 37.8 Å². The third kappa shape index (κ3) is 9.50. The normalized spacial score (nSPS) is 22.2. The predicted molar refractivity (Wildman–Crippen MR) is 169 cm³/mol. The van der Waals surface area contributed by atoms with Gasteiger partial charge in [-0.15, -0.1) is 0 Å². The number of fused-ring (bicyclic) bond motifs is 5. The van der Waals surface area contributed by atoms with E-state index in [9.17, 15) is 9.59 Å². The van der Waals surface area contributed by atoms with Gasteiger partial charge in [0.05, 0.1) is 67.4 Å². The number of amides is 1. The molecule has 4 rings (SSSR count). The number of esters is 1. The highest BCUT2D eigenvalue weighted by atomic mass is 19.3. The zero-order valence-electron chi connectivity index (χ0n) is 27.7. The molecule has 0 radical (unpaired) electrons. The fraction of sp³-hybridized carbons (Fsp3) is 0.576. The SMILES string of the molecule is COc1cc(C(=O)N[C@H]2CCCOc3cc(cc(OC)c3OC)C(=O)OCCCN3CCN(CC2)CC(F)(F)C3)cc(OC)c1OC.